The van der Waals surface area contributed by atoms with Crippen LogP contribution in [0.2, 0.25) is 0 Å². The highest BCUT2D eigenvalue weighted by Gasteiger charge is 2.38. The molecule has 2 atom stereocenters. The molecule has 2 heterocycles. The number of hydrogen-bond acceptors (Lipinski definition) is 6. The third kappa shape index (κ3) is 3.93. The molecule has 6 nitrogen and oxygen atoms in total. The number of rotatable bonds is 7. The van der Waals surface area contributed by atoms with Gasteiger partial charge in [0.2, 0.25) is 5.75 Å². The van der Waals surface area contributed by atoms with E-state index in [0.717, 1.165) is 20.6 Å². The number of carbonyl (C=O) groups is 1. The van der Waals surface area contributed by atoms with Gasteiger partial charge in [0.05, 0.1) is 31.2 Å². The van der Waals surface area contributed by atoms with Gasteiger partial charge in [-0.25, -0.2) is 0 Å². The zero-order valence-corrected chi connectivity index (χ0v) is 17.8. The summed E-state index contributed by atoms with van der Waals surface area (Å²) in [5.74, 6) is 0.837. The Morgan fingerprint density at radius 1 is 1.22 bits per heavy atom. The lowest BCUT2D eigenvalue weighted by Crippen LogP contribution is -2.39. The average Bonchev–Trinajstić information content (AvgIpc) is 3.30. The first-order valence-electron chi connectivity index (χ1n) is 8.53. The molecule has 0 aliphatic carbocycles. The second kappa shape index (κ2) is 8.50. The fourth-order valence-corrected chi connectivity index (χ4v) is 5.19. The summed E-state index contributed by atoms with van der Waals surface area (Å²) in [5.41, 5.74) is 0.909. The number of benzene rings is 1. The quantitative estimate of drug-likeness (QED) is 0.675. The number of aliphatic carboxylic acids is 1. The van der Waals surface area contributed by atoms with Gasteiger partial charge in [-0.1, -0.05) is 0 Å². The van der Waals surface area contributed by atoms with E-state index in [-0.39, 0.29) is 6.04 Å². The predicted molar refractivity (Wildman–Crippen MR) is 107 cm³/mol. The van der Waals surface area contributed by atoms with Gasteiger partial charge in [-0.05, 0) is 58.6 Å². The first-order valence-corrected chi connectivity index (χ1v) is 10.1. The standard InChI is InChI=1S/C19H22BrNO5S/c1-24-13-9-11(10-14(25-2)18(13)26-3)17(15-6-7-16(20)27-15)21-8-4-5-12(21)19(22)23/h6-7,9-10,12,17H,4-5,8H2,1-3H3,(H,22,23). The molecule has 1 N–H and O–H groups in total. The van der Waals surface area contributed by atoms with Crippen molar-refractivity contribution in [3.63, 3.8) is 0 Å². The van der Waals surface area contributed by atoms with Gasteiger partial charge in [-0.15, -0.1) is 11.3 Å². The molecule has 3 rings (SSSR count). The van der Waals surface area contributed by atoms with Crippen LogP contribution >= 0.6 is 27.3 Å². The molecule has 0 bridgehead atoms. The minimum Gasteiger partial charge on any atom is -0.493 e. The van der Waals surface area contributed by atoms with Crippen molar-refractivity contribution in [2.45, 2.75) is 24.9 Å². The van der Waals surface area contributed by atoms with Crippen LogP contribution in [0.4, 0.5) is 0 Å². The molecular weight excluding hydrogens is 434 g/mol. The molecule has 0 amide bonds. The van der Waals surface area contributed by atoms with Crippen LogP contribution in [0.5, 0.6) is 17.2 Å². The van der Waals surface area contributed by atoms with Crippen LogP contribution in [0, 0.1) is 0 Å². The van der Waals surface area contributed by atoms with E-state index in [0.29, 0.717) is 30.2 Å². The minimum absolute atomic E-state index is 0.210. The Bertz CT molecular complexity index is 799. The fraction of sp³-hybridized carbons (Fsp3) is 0.421. The Morgan fingerprint density at radius 3 is 2.37 bits per heavy atom. The zero-order valence-electron chi connectivity index (χ0n) is 15.4. The second-order valence-electron chi connectivity index (χ2n) is 6.24. The number of methoxy groups -OCH3 is 3. The van der Waals surface area contributed by atoms with E-state index >= 15 is 0 Å². The third-order valence-electron chi connectivity index (χ3n) is 4.78. The molecule has 0 saturated carbocycles. The molecule has 1 aliphatic heterocycles. The lowest BCUT2D eigenvalue weighted by Gasteiger charge is -2.31. The van der Waals surface area contributed by atoms with Crippen molar-refractivity contribution in [1.82, 2.24) is 4.90 Å². The van der Waals surface area contributed by atoms with Crippen molar-refractivity contribution in [2.75, 3.05) is 27.9 Å². The molecule has 0 spiro atoms. The Balaban J connectivity index is 2.15. The molecule has 0 radical (unpaired) electrons. The summed E-state index contributed by atoms with van der Waals surface area (Å²) in [5, 5.41) is 9.70. The number of ether oxygens (including phenoxy) is 3. The maximum atomic E-state index is 11.8. The van der Waals surface area contributed by atoms with Gasteiger partial charge in [0.25, 0.3) is 0 Å². The van der Waals surface area contributed by atoms with Crippen molar-refractivity contribution >= 4 is 33.2 Å². The molecule has 1 aromatic heterocycles. The Kier molecular flexibility index (Phi) is 6.29. The van der Waals surface area contributed by atoms with Gasteiger partial charge in [-0.2, -0.15) is 0 Å². The molecular formula is C19H22BrNO5S. The van der Waals surface area contributed by atoms with E-state index in [4.69, 9.17) is 14.2 Å². The monoisotopic (exact) mass is 455 g/mol. The Morgan fingerprint density at radius 2 is 1.89 bits per heavy atom. The molecule has 2 aromatic rings. The van der Waals surface area contributed by atoms with Crippen LogP contribution < -0.4 is 14.2 Å². The molecule has 1 fully saturated rings. The lowest BCUT2D eigenvalue weighted by atomic mass is 10.0. The van der Waals surface area contributed by atoms with Crippen LogP contribution in [0.15, 0.2) is 28.1 Å². The summed E-state index contributed by atoms with van der Waals surface area (Å²) in [6.07, 6.45) is 1.49. The minimum atomic E-state index is -0.791. The molecule has 2 unspecified atom stereocenters. The van der Waals surface area contributed by atoms with Gasteiger partial charge < -0.3 is 19.3 Å². The normalized spacial score (nSPS) is 18.3. The highest BCUT2D eigenvalue weighted by molar-refractivity contribution is 9.11. The number of likely N-dealkylation sites (tertiary alicyclic amines) is 1. The van der Waals surface area contributed by atoms with Crippen LogP contribution in [-0.4, -0.2) is 49.9 Å². The van der Waals surface area contributed by atoms with E-state index in [1.165, 1.54) is 0 Å². The van der Waals surface area contributed by atoms with Gasteiger partial charge in [0.1, 0.15) is 6.04 Å². The topological polar surface area (TPSA) is 68.2 Å². The molecule has 27 heavy (non-hydrogen) atoms. The first-order chi connectivity index (χ1) is 13.0. The Labute approximate surface area is 170 Å². The highest BCUT2D eigenvalue weighted by atomic mass is 79.9. The van der Waals surface area contributed by atoms with E-state index in [9.17, 15) is 9.90 Å². The van der Waals surface area contributed by atoms with Crippen molar-refractivity contribution in [2.24, 2.45) is 0 Å². The van der Waals surface area contributed by atoms with Crippen LogP contribution in [0.25, 0.3) is 0 Å². The number of carboxylic acids is 1. The molecule has 1 saturated heterocycles. The molecule has 1 aromatic carbocycles. The predicted octanol–water partition coefficient (Wildman–Crippen LogP) is 4.17. The summed E-state index contributed by atoms with van der Waals surface area (Å²) in [6.45, 7) is 0.716. The maximum Gasteiger partial charge on any atom is 0.320 e. The van der Waals surface area contributed by atoms with Crippen molar-refractivity contribution < 1.29 is 24.1 Å². The smallest absolute Gasteiger partial charge is 0.320 e. The number of hydrogen-bond donors (Lipinski definition) is 1. The summed E-state index contributed by atoms with van der Waals surface area (Å²) in [7, 11) is 4.72. The fourth-order valence-electron chi connectivity index (χ4n) is 3.62. The number of halogens is 1. The summed E-state index contributed by atoms with van der Waals surface area (Å²) < 4.78 is 17.4. The summed E-state index contributed by atoms with van der Waals surface area (Å²) in [6, 6.07) is 7.08. The average molecular weight is 456 g/mol. The van der Waals surface area contributed by atoms with E-state index in [1.54, 1.807) is 32.7 Å². The number of carboxylic acid groups (broad SMARTS) is 1. The number of thiophene rings is 1. The van der Waals surface area contributed by atoms with Gasteiger partial charge in [-0.3, -0.25) is 9.69 Å². The van der Waals surface area contributed by atoms with Crippen LogP contribution in [0.1, 0.15) is 29.3 Å². The van der Waals surface area contributed by atoms with Gasteiger partial charge >= 0.3 is 5.97 Å². The summed E-state index contributed by atoms with van der Waals surface area (Å²) in [4.78, 5) is 14.9. The summed E-state index contributed by atoms with van der Waals surface area (Å²) >= 11 is 5.12. The maximum absolute atomic E-state index is 11.8. The van der Waals surface area contributed by atoms with E-state index in [2.05, 4.69) is 15.9 Å². The van der Waals surface area contributed by atoms with E-state index < -0.39 is 12.0 Å². The van der Waals surface area contributed by atoms with Crippen molar-refractivity contribution in [1.29, 1.82) is 0 Å². The zero-order chi connectivity index (χ0) is 19.6. The first kappa shape index (κ1) is 20.0. The lowest BCUT2D eigenvalue weighted by molar-refractivity contribution is -0.142. The molecule has 8 heteroatoms. The van der Waals surface area contributed by atoms with Crippen LogP contribution in [0.3, 0.4) is 0 Å². The van der Waals surface area contributed by atoms with Crippen LogP contribution in [-0.2, 0) is 4.79 Å². The van der Waals surface area contributed by atoms with E-state index in [1.807, 2.05) is 29.2 Å². The second-order valence-corrected chi connectivity index (χ2v) is 8.73. The van der Waals surface area contributed by atoms with Crippen molar-refractivity contribution in [3.8, 4) is 17.2 Å². The highest BCUT2D eigenvalue weighted by Crippen LogP contribution is 2.45. The largest absolute Gasteiger partial charge is 0.493 e. The van der Waals surface area contributed by atoms with Gasteiger partial charge in [0.15, 0.2) is 11.5 Å². The number of nitrogens with zero attached hydrogens (tertiary/aromatic N) is 1. The third-order valence-corrected chi connectivity index (χ3v) is 6.45. The van der Waals surface area contributed by atoms with Crippen molar-refractivity contribution in [3.05, 3.63) is 38.5 Å². The Hall–Kier alpha value is -1.77. The molecule has 1 aliphatic rings. The van der Waals surface area contributed by atoms with Gasteiger partial charge in [0, 0.05) is 11.4 Å². The SMILES string of the molecule is COc1cc(C(c2ccc(Br)s2)N2CCCC2C(=O)O)cc(OC)c1OC. The molecule has 146 valence electrons.